The quantitative estimate of drug-likeness (QED) is 0.388. The summed E-state index contributed by atoms with van der Waals surface area (Å²) in [5.74, 6) is -3.69. The van der Waals surface area contributed by atoms with Crippen LogP contribution in [0.1, 0.15) is 73.6 Å². The largest absolute Gasteiger partial charge is 0.455 e. The summed E-state index contributed by atoms with van der Waals surface area (Å²) in [4.78, 5) is 36.8. The highest BCUT2D eigenvalue weighted by atomic mass is 16.7. The fraction of sp³-hybridized carbons (Fsp3) is 0.708. The molecular weight excluding hydrogens is 416 g/mol. The third kappa shape index (κ3) is 4.76. The van der Waals surface area contributed by atoms with Gasteiger partial charge in [0.05, 0.1) is 11.7 Å². The van der Waals surface area contributed by atoms with E-state index in [1.54, 1.807) is 0 Å². The summed E-state index contributed by atoms with van der Waals surface area (Å²) in [5, 5.41) is 11.5. The monoisotopic (exact) mass is 450 g/mol. The van der Waals surface area contributed by atoms with Gasteiger partial charge in [0.1, 0.15) is 5.60 Å². The highest BCUT2D eigenvalue weighted by Crippen LogP contribution is 2.46. The fourth-order valence-electron chi connectivity index (χ4n) is 5.12. The molecule has 0 radical (unpaired) electrons. The van der Waals surface area contributed by atoms with Gasteiger partial charge in [-0.15, -0.1) is 0 Å². The van der Waals surface area contributed by atoms with E-state index in [1.807, 2.05) is 19.9 Å². The maximum atomic E-state index is 12.5. The number of hydrogen-bond acceptors (Lipinski definition) is 8. The summed E-state index contributed by atoms with van der Waals surface area (Å²) >= 11 is 0. The zero-order valence-electron chi connectivity index (χ0n) is 19.7. The van der Waals surface area contributed by atoms with E-state index in [0.29, 0.717) is 6.42 Å². The lowest BCUT2D eigenvalue weighted by atomic mass is 9.82. The van der Waals surface area contributed by atoms with Gasteiger partial charge in [-0.1, -0.05) is 18.6 Å². The SMILES string of the molecule is CC(=O)O[C@@H]1C2=C(C)C(=O)O[C@@]2(O)C/C(C)=C/CC[C@@H](C)[C@@H]2CC[C@@](C)(O2)[C@H]1OC(C)=O. The molecule has 8 nitrogen and oxygen atoms in total. The average Bonchev–Trinajstić information content (AvgIpc) is 3.16. The predicted octanol–water partition coefficient (Wildman–Crippen LogP) is 3.12. The van der Waals surface area contributed by atoms with Crippen molar-refractivity contribution >= 4 is 17.9 Å². The van der Waals surface area contributed by atoms with Crippen LogP contribution in [0.15, 0.2) is 22.8 Å². The van der Waals surface area contributed by atoms with Crippen molar-refractivity contribution in [3.8, 4) is 0 Å². The second-order valence-electron chi connectivity index (χ2n) is 9.56. The van der Waals surface area contributed by atoms with Crippen molar-refractivity contribution in [1.82, 2.24) is 0 Å². The first-order valence-electron chi connectivity index (χ1n) is 11.2. The molecule has 0 unspecified atom stereocenters. The lowest BCUT2D eigenvalue weighted by Crippen LogP contribution is -2.54. The van der Waals surface area contributed by atoms with Crippen LogP contribution in [-0.2, 0) is 33.3 Å². The van der Waals surface area contributed by atoms with Crippen molar-refractivity contribution in [2.45, 2.75) is 103 Å². The summed E-state index contributed by atoms with van der Waals surface area (Å²) in [5.41, 5.74) is 0.0744. The van der Waals surface area contributed by atoms with E-state index < -0.39 is 41.5 Å². The lowest BCUT2D eigenvalue weighted by Gasteiger charge is -2.40. The van der Waals surface area contributed by atoms with Gasteiger partial charge >= 0.3 is 17.9 Å². The van der Waals surface area contributed by atoms with E-state index in [-0.39, 0.29) is 29.6 Å². The van der Waals surface area contributed by atoms with Crippen molar-refractivity contribution in [3.05, 3.63) is 22.8 Å². The van der Waals surface area contributed by atoms with Crippen LogP contribution in [-0.4, -0.2) is 52.7 Å². The number of rotatable bonds is 2. The molecule has 0 aromatic heterocycles. The normalized spacial score (nSPS) is 39.6. The molecule has 3 aliphatic rings. The molecule has 1 fully saturated rings. The number of fused-ring (bicyclic) bond motifs is 3. The van der Waals surface area contributed by atoms with E-state index >= 15 is 0 Å². The van der Waals surface area contributed by atoms with Crippen molar-refractivity contribution < 1.29 is 38.4 Å². The molecule has 3 rings (SSSR count). The Labute approximate surface area is 188 Å². The van der Waals surface area contributed by atoms with E-state index in [4.69, 9.17) is 18.9 Å². The van der Waals surface area contributed by atoms with Gasteiger partial charge in [0, 0.05) is 25.8 Å². The van der Waals surface area contributed by atoms with Crippen LogP contribution in [0, 0.1) is 5.92 Å². The second kappa shape index (κ2) is 8.98. The Morgan fingerprint density at radius 3 is 2.44 bits per heavy atom. The average molecular weight is 451 g/mol. The van der Waals surface area contributed by atoms with Gasteiger partial charge in [-0.3, -0.25) is 9.59 Å². The van der Waals surface area contributed by atoms with Gasteiger partial charge in [0.2, 0.25) is 5.79 Å². The van der Waals surface area contributed by atoms with Gasteiger partial charge in [-0.2, -0.15) is 0 Å². The highest BCUT2D eigenvalue weighted by Gasteiger charge is 2.57. The third-order valence-electron chi connectivity index (χ3n) is 6.75. The molecule has 3 aliphatic heterocycles. The van der Waals surface area contributed by atoms with Crippen LogP contribution >= 0.6 is 0 Å². The molecule has 0 spiro atoms. The summed E-state index contributed by atoms with van der Waals surface area (Å²) in [6, 6.07) is 0. The van der Waals surface area contributed by atoms with Crippen LogP contribution in [0.25, 0.3) is 0 Å². The number of ether oxygens (including phenoxy) is 4. The second-order valence-corrected chi connectivity index (χ2v) is 9.56. The molecule has 8 heteroatoms. The minimum Gasteiger partial charge on any atom is -0.455 e. The van der Waals surface area contributed by atoms with Crippen molar-refractivity contribution in [3.63, 3.8) is 0 Å². The van der Waals surface area contributed by atoms with Crippen molar-refractivity contribution in [1.29, 1.82) is 0 Å². The standard InChI is InChI=1S/C24H34O8/c1-13-8-7-9-14(2)18-10-11-23(6,31-18)21(30-17(5)26)20(29-16(4)25)19-15(3)22(27)32-24(19,28)12-13/h8,14,18,20-21,28H,7,9-12H2,1-6H3/b13-8+/t14-,18+,20-,21+,23-,24+/m1/s1. The van der Waals surface area contributed by atoms with Gasteiger partial charge in [-0.05, 0) is 52.4 Å². The first-order valence-corrected chi connectivity index (χ1v) is 11.2. The minimum absolute atomic E-state index is 0.0192. The van der Waals surface area contributed by atoms with Gasteiger partial charge < -0.3 is 24.1 Å². The molecule has 0 saturated carbocycles. The Balaban J connectivity index is 2.20. The molecule has 178 valence electrons. The molecule has 2 bridgehead atoms. The Morgan fingerprint density at radius 1 is 1.16 bits per heavy atom. The Hall–Kier alpha value is -2.19. The highest BCUT2D eigenvalue weighted by molar-refractivity contribution is 5.92. The van der Waals surface area contributed by atoms with Crippen LogP contribution in [0.5, 0.6) is 0 Å². The molecule has 0 amide bonds. The molecule has 0 aliphatic carbocycles. The summed E-state index contributed by atoms with van der Waals surface area (Å²) in [6.45, 7) is 9.81. The molecule has 0 aromatic rings. The molecule has 3 heterocycles. The maximum absolute atomic E-state index is 12.5. The molecule has 1 saturated heterocycles. The van der Waals surface area contributed by atoms with Crippen LogP contribution in [0.3, 0.4) is 0 Å². The number of hydrogen-bond donors (Lipinski definition) is 1. The molecule has 1 N–H and O–H groups in total. The maximum Gasteiger partial charge on any atom is 0.336 e. The minimum atomic E-state index is -2.02. The van der Waals surface area contributed by atoms with Crippen molar-refractivity contribution in [2.24, 2.45) is 5.92 Å². The first-order chi connectivity index (χ1) is 14.9. The first kappa shape index (κ1) is 24.5. The van der Waals surface area contributed by atoms with Crippen molar-refractivity contribution in [2.75, 3.05) is 0 Å². The summed E-state index contributed by atoms with van der Waals surface area (Å²) < 4.78 is 23.2. The summed E-state index contributed by atoms with van der Waals surface area (Å²) in [6.07, 6.45) is 2.64. The van der Waals surface area contributed by atoms with E-state index in [0.717, 1.165) is 24.8 Å². The number of aliphatic hydroxyl groups is 1. The fourth-order valence-corrected chi connectivity index (χ4v) is 5.12. The molecule has 32 heavy (non-hydrogen) atoms. The Kier molecular flexibility index (Phi) is 6.86. The number of carbonyl (C=O) groups excluding carboxylic acids is 3. The molecular formula is C24H34O8. The zero-order valence-corrected chi connectivity index (χ0v) is 19.7. The van der Waals surface area contributed by atoms with Crippen LogP contribution < -0.4 is 0 Å². The summed E-state index contributed by atoms with van der Waals surface area (Å²) in [7, 11) is 0. The lowest BCUT2D eigenvalue weighted by molar-refractivity contribution is -0.205. The predicted molar refractivity (Wildman–Crippen MR) is 114 cm³/mol. The topological polar surface area (TPSA) is 108 Å². The Bertz CT molecular complexity index is 858. The number of carbonyl (C=O) groups is 3. The van der Waals surface area contributed by atoms with Gasteiger partial charge in [0.25, 0.3) is 0 Å². The zero-order chi connectivity index (χ0) is 23.8. The van der Waals surface area contributed by atoms with Crippen LogP contribution in [0.4, 0.5) is 0 Å². The molecule has 0 aromatic carbocycles. The van der Waals surface area contributed by atoms with E-state index in [2.05, 4.69) is 6.92 Å². The van der Waals surface area contributed by atoms with Gasteiger partial charge in [0.15, 0.2) is 12.2 Å². The number of allylic oxidation sites excluding steroid dienone is 1. The molecule has 6 atom stereocenters. The van der Waals surface area contributed by atoms with E-state index in [1.165, 1.54) is 20.8 Å². The van der Waals surface area contributed by atoms with Crippen LogP contribution in [0.2, 0.25) is 0 Å². The smallest absolute Gasteiger partial charge is 0.336 e. The van der Waals surface area contributed by atoms with E-state index in [9.17, 15) is 19.5 Å². The van der Waals surface area contributed by atoms with Gasteiger partial charge in [-0.25, -0.2) is 4.79 Å². The Morgan fingerprint density at radius 2 is 1.81 bits per heavy atom. The third-order valence-corrected chi connectivity index (χ3v) is 6.75. The number of esters is 3.